The molecule has 1 fully saturated rings. The summed E-state index contributed by atoms with van der Waals surface area (Å²) in [5.74, 6) is 2.46. The van der Waals surface area contributed by atoms with Gasteiger partial charge in [0.1, 0.15) is 15.7 Å². The maximum Gasteiger partial charge on any atom is 0.162 e. The van der Waals surface area contributed by atoms with Gasteiger partial charge in [-0.15, -0.1) is 11.3 Å². The van der Waals surface area contributed by atoms with Gasteiger partial charge in [0.25, 0.3) is 0 Å². The summed E-state index contributed by atoms with van der Waals surface area (Å²) in [7, 11) is 0. The van der Waals surface area contributed by atoms with Crippen LogP contribution in [-0.2, 0) is 11.3 Å². The van der Waals surface area contributed by atoms with Crippen LogP contribution in [0.3, 0.4) is 0 Å². The molecule has 0 atom stereocenters. The van der Waals surface area contributed by atoms with Crippen LogP contribution in [0.5, 0.6) is 11.5 Å². The fourth-order valence-corrected chi connectivity index (χ4v) is 6.22. The van der Waals surface area contributed by atoms with Gasteiger partial charge in [-0.05, 0) is 23.8 Å². The van der Waals surface area contributed by atoms with Crippen molar-refractivity contribution >= 4 is 33.3 Å². The van der Waals surface area contributed by atoms with Gasteiger partial charge < -0.3 is 14.2 Å². The highest BCUT2D eigenvalue weighted by Crippen LogP contribution is 2.42. The molecule has 0 amide bonds. The lowest BCUT2D eigenvalue weighted by Gasteiger charge is -2.25. The highest BCUT2D eigenvalue weighted by Gasteiger charge is 2.20. The predicted octanol–water partition coefficient (Wildman–Crippen LogP) is 5.50. The van der Waals surface area contributed by atoms with Crippen LogP contribution in [0, 0.1) is 0 Å². The molecule has 2 aromatic heterocycles. The number of morpholine rings is 1. The number of hydrogen-bond donors (Lipinski definition) is 0. The minimum atomic E-state index is 0.672. The Morgan fingerprint density at radius 3 is 2.59 bits per heavy atom. The lowest BCUT2D eigenvalue weighted by Crippen LogP contribution is -2.36. The Labute approximate surface area is 206 Å². The first-order valence-electron chi connectivity index (χ1n) is 11.5. The van der Waals surface area contributed by atoms with E-state index in [-0.39, 0.29) is 0 Å². The molecule has 0 N–H and O–H groups in total. The van der Waals surface area contributed by atoms with Gasteiger partial charge >= 0.3 is 0 Å². The summed E-state index contributed by atoms with van der Waals surface area (Å²) in [6, 6.07) is 16.6. The molecular weight excluding hydrogens is 466 g/mol. The zero-order valence-electron chi connectivity index (χ0n) is 18.7. The van der Waals surface area contributed by atoms with Gasteiger partial charge in [-0.3, -0.25) is 4.90 Å². The minimum Gasteiger partial charge on any atom is -0.490 e. The second-order valence-corrected chi connectivity index (χ2v) is 10.2. The van der Waals surface area contributed by atoms with E-state index >= 15 is 0 Å². The number of ether oxygens (including phenoxy) is 3. The average molecular weight is 492 g/mol. The molecule has 2 aliphatic heterocycles. The van der Waals surface area contributed by atoms with Crippen molar-refractivity contribution in [2.45, 2.75) is 22.9 Å². The van der Waals surface area contributed by atoms with E-state index in [0.29, 0.717) is 13.2 Å². The highest BCUT2D eigenvalue weighted by molar-refractivity contribution is 7.99. The second kappa shape index (κ2) is 9.92. The van der Waals surface area contributed by atoms with E-state index in [1.807, 2.05) is 12.1 Å². The Balaban J connectivity index is 1.41. The van der Waals surface area contributed by atoms with Gasteiger partial charge in [-0.2, -0.15) is 0 Å². The topological polar surface area (TPSA) is 56.7 Å². The molecule has 0 unspecified atom stereocenters. The zero-order valence-corrected chi connectivity index (χ0v) is 20.4. The van der Waals surface area contributed by atoms with Crippen molar-refractivity contribution in [1.82, 2.24) is 14.9 Å². The van der Waals surface area contributed by atoms with Crippen LogP contribution in [-0.4, -0.2) is 54.4 Å². The molecule has 0 spiro atoms. The maximum absolute atomic E-state index is 5.93. The third-order valence-corrected chi connectivity index (χ3v) is 7.78. The summed E-state index contributed by atoms with van der Waals surface area (Å²) in [5, 5.41) is 4.28. The molecule has 0 radical (unpaired) electrons. The molecule has 4 heterocycles. The van der Waals surface area contributed by atoms with Gasteiger partial charge in [0.2, 0.25) is 0 Å². The number of thiophene rings is 1. The van der Waals surface area contributed by atoms with Gasteiger partial charge in [0, 0.05) is 35.3 Å². The van der Waals surface area contributed by atoms with Crippen molar-refractivity contribution in [3.63, 3.8) is 0 Å². The Hall–Kier alpha value is -2.65. The number of fused-ring (bicyclic) bond motifs is 2. The maximum atomic E-state index is 5.93. The van der Waals surface area contributed by atoms with E-state index in [4.69, 9.17) is 24.2 Å². The minimum absolute atomic E-state index is 0.672. The van der Waals surface area contributed by atoms with Crippen molar-refractivity contribution in [2.75, 3.05) is 39.5 Å². The Morgan fingerprint density at radius 1 is 0.912 bits per heavy atom. The summed E-state index contributed by atoms with van der Waals surface area (Å²) in [6.45, 7) is 5.43. The van der Waals surface area contributed by atoms with Crippen molar-refractivity contribution < 1.29 is 14.2 Å². The molecule has 8 heteroatoms. The van der Waals surface area contributed by atoms with Gasteiger partial charge in [0.15, 0.2) is 11.5 Å². The van der Waals surface area contributed by atoms with E-state index in [1.54, 1.807) is 23.1 Å². The number of hydrogen-bond acceptors (Lipinski definition) is 8. The predicted molar refractivity (Wildman–Crippen MR) is 135 cm³/mol. The first kappa shape index (κ1) is 21.9. The number of benzene rings is 2. The smallest absolute Gasteiger partial charge is 0.162 e. The molecule has 2 aromatic carbocycles. The molecule has 2 aliphatic rings. The normalized spacial score (nSPS) is 16.5. The Bertz CT molecular complexity index is 1290. The third-order valence-electron chi connectivity index (χ3n) is 5.93. The Morgan fingerprint density at radius 2 is 1.74 bits per heavy atom. The summed E-state index contributed by atoms with van der Waals surface area (Å²) in [5.41, 5.74) is 2.36. The first-order chi connectivity index (χ1) is 16.8. The number of nitrogens with zero attached hydrogens (tertiary/aromatic N) is 3. The molecule has 0 bridgehead atoms. The van der Waals surface area contributed by atoms with E-state index in [2.05, 4.69) is 46.7 Å². The van der Waals surface area contributed by atoms with Gasteiger partial charge in [-0.1, -0.05) is 42.1 Å². The zero-order chi connectivity index (χ0) is 22.7. The van der Waals surface area contributed by atoms with E-state index in [0.717, 1.165) is 76.7 Å². The monoisotopic (exact) mass is 491 g/mol. The van der Waals surface area contributed by atoms with E-state index in [1.165, 1.54) is 11.1 Å². The standard InChI is InChI=1S/C26H25N3O3S2/c1-2-5-18(6-3-1)20-17-33-25-24(20)26(28-23(27-25)16-29-9-13-30-14-10-29)34-19-7-8-21-22(15-19)32-12-4-11-31-21/h1-3,5-8,15,17H,4,9-14,16H2. The van der Waals surface area contributed by atoms with Crippen LogP contribution in [0.1, 0.15) is 12.2 Å². The first-order valence-corrected chi connectivity index (χ1v) is 13.2. The van der Waals surface area contributed by atoms with E-state index < -0.39 is 0 Å². The molecule has 4 aromatic rings. The van der Waals surface area contributed by atoms with Crippen molar-refractivity contribution in [3.05, 3.63) is 59.7 Å². The average Bonchev–Trinajstić information content (AvgIpc) is 3.16. The van der Waals surface area contributed by atoms with E-state index in [9.17, 15) is 0 Å². The lowest BCUT2D eigenvalue weighted by molar-refractivity contribution is 0.0330. The van der Waals surface area contributed by atoms with Crippen molar-refractivity contribution in [3.8, 4) is 22.6 Å². The molecule has 1 saturated heterocycles. The van der Waals surface area contributed by atoms with Gasteiger partial charge in [-0.25, -0.2) is 9.97 Å². The number of rotatable bonds is 5. The Kier molecular flexibility index (Phi) is 6.37. The molecular formula is C26H25N3O3S2. The molecule has 0 aliphatic carbocycles. The summed E-state index contributed by atoms with van der Waals surface area (Å²) in [4.78, 5) is 14.5. The largest absolute Gasteiger partial charge is 0.490 e. The van der Waals surface area contributed by atoms with Crippen LogP contribution in [0.2, 0.25) is 0 Å². The molecule has 6 nitrogen and oxygen atoms in total. The lowest BCUT2D eigenvalue weighted by atomic mass is 10.1. The van der Waals surface area contributed by atoms with Crippen LogP contribution >= 0.6 is 23.1 Å². The second-order valence-electron chi connectivity index (χ2n) is 8.29. The van der Waals surface area contributed by atoms with Crippen LogP contribution in [0.4, 0.5) is 0 Å². The third kappa shape index (κ3) is 4.63. The molecule has 6 rings (SSSR count). The molecule has 34 heavy (non-hydrogen) atoms. The summed E-state index contributed by atoms with van der Waals surface area (Å²) >= 11 is 3.35. The highest BCUT2D eigenvalue weighted by atomic mass is 32.2. The fraction of sp³-hybridized carbons (Fsp3) is 0.308. The van der Waals surface area contributed by atoms with Crippen molar-refractivity contribution in [2.24, 2.45) is 0 Å². The summed E-state index contributed by atoms with van der Waals surface area (Å²) < 4.78 is 17.3. The molecule has 174 valence electrons. The van der Waals surface area contributed by atoms with Crippen molar-refractivity contribution in [1.29, 1.82) is 0 Å². The van der Waals surface area contributed by atoms with Crippen LogP contribution < -0.4 is 9.47 Å². The SMILES string of the molecule is c1ccc(-c2csc3nc(CN4CCOCC4)nc(Sc4ccc5c(c4)OCCCO5)c23)cc1. The van der Waals surface area contributed by atoms with Crippen LogP contribution in [0.15, 0.2) is 63.8 Å². The number of aromatic nitrogens is 2. The van der Waals surface area contributed by atoms with Crippen LogP contribution in [0.25, 0.3) is 21.3 Å². The quantitative estimate of drug-likeness (QED) is 0.342. The fourth-order valence-electron chi connectivity index (χ4n) is 4.20. The summed E-state index contributed by atoms with van der Waals surface area (Å²) in [6.07, 6.45) is 0.893. The molecule has 0 saturated carbocycles. The van der Waals surface area contributed by atoms with Gasteiger partial charge in [0.05, 0.1) is 38.4 Å².